The van der Waals surface area contributed by atoms with Crippen molar-refractivity contribution in [3.63, 3.8) is 0 Å². The molecule has 5 rings (SSSR count). The number of aromatic nitrogens is 1. The Morgan fingerprint density at radius 2 is 1.79 bits per heavy atom. The van der Waals surface area contributed by atoms with Crippen LogP contribution in [0.15, 0.2) is 40.2 Å². The lowest BCUT2D eigenvalue weighted by Crippen LogP contribution is -2.45. The maximum Gasteiger partial charge on any atom is 0.344 e. The van der Waals surface area contributed by atoms with Crippen LogP contribution in [0, 0.1) is 17.5 Å². The summed E-state index contributed by atoms with van der Waals surface area (Å²) in [4.78, 5) is 29.6. The highest BCUT2D eigenvalue weighted by Gasteiger charge is 2.39. The third kappa shape index (κ3) is 3.56. The number of halogens is 3. The molecule has 2 aliphatic rings. The SMILES string of the molecule is CCOC(=O)c1c2n(c3c(F)c(N4CCN(C)CC4)c(F)cc3c1=O)C(c1ccc(F)cc1)S2. The fourth-order valence-electron chi connectivity index (χ4n) is 4.46. The van der Waals surface area contributed by atoms with E-state index in [9.17, 15) is 14.0 Å². The van der Waals surface area contributed by atoms with Crippen LogP contribution in [0.2, 0.25) is 0 Å². The average Bonchev–Trinajstić information content (AvgIpc) is 2.79. The number of hydrogen-bond acceptors (Lipinski definition) is 6. The zero-order valence-electron chi connectivity index (χ0n) is 18.6. The van der Waals surface area contributed by atoms with Crippen molar-refractivity contribution in [3.05, 3.63) is 69.1 Å². The van der Waals surface area contributed by atoms with Crippen LogP contribution >= 0.6 is 11.8 Å². The zero-order chi connectivity index (χ0) is 24.1. The van der Waals surface area contributed by atoms with Crippen molar-refractivity contribution in [2.45, 2.75) is 17.3 Å². The molecule has 2 aliphatic heterocycles. The van der Waals surface area contributed by atoms with Gasteiger partial charge < -0.3 is 19.1 Å². The fourth-order valence-corrected chi connectivity index (χ4v) is 5.72. The van der Waals surface area contributed by atoms with Crippen molar-refractivity contribution < 1.29 is 22.7 Å². The van der Waals surface area contributed by atoms with Crippen LogP contribution in [0.1, 0.15) is 28.2 Å². The fraction of sp³-hybridized carbons (Fsp3) is 0.333. The molecule has 0 aliphatic carbocycles. The Balaban J connectivity index is 1.76. The molecule has 1 fully saturated rings. The lowest BCUT2D eigenvalue weighted by Gasteiger charge is -2.37. The number of likely N-dealkylation sites (N-methyl/N-ethyl adjacent to an activating group) is 1. The lowest BCUT2D eigenvalue weighted by molar-refractivity contribution is 0.0518. The van der Waals surface area contributed by atoms with Gasteiger partial charge in [-0.2, -0.15) is 0 Å². The molecule has 1 atom stereocenters. The number of esters is 1. The van der Waals surface area contributed by atoms with E-state index >= 15 is 8.78 Å². The molecule has 0 N–H and O–H groups in total. The van der Waals surface area contributed by atoms with E-state index in [-0.39, 0.29) is 33.8 Å². The highest BCUT2D eigenvalue weighted by atomic mass is 32.2. The molecule has 1 aromatic heterocycles. The van der Waals surface area contributed by atoms with E-state index in [2.05, 4.69) is 4.90 Å². The Bertz CT molecular complexity index is 1350. The van der Waals surface area contributed by atoms with Crippen LogP contribution < -0.4 is 10.3 Å². The number of nitrogens with zero attached hydrogens (tertiary/aromatic N) is 3. The van der Waals surface area contributed by atoms with Gasteiger partial charge in [0.05, 0.1) is 22.5 Å². The van der Waals surface area contributed by atoms with Gasteiger partial charge in [-0.25, -0.2) is 18.0 Å². The second-order valence-corrected chi connectivity index (χ2v) is 9.40. The van der Waals surface area contributed by atoms with Crippen molar-refractivity contribution in [3.8, 4) is 0 Å². The van der Waals surface area contributed by atoms with E-state index in [0.717, 1.165) is 6.07 Å². The molecule has 0 saturated carbocycles. The summed E-state index contributed by atoms with van der Waals surface area (Å²) >= 11 is 1.18. The Kier molecular flexibility index (Phi) is 5.81. The maximum atomic E-state index is 16.1. The minimum atomic E-state index is -0.854. The molecule has 34 heavy (non-hydrogen) atoms. The molecule has 3 aromatic rings. The van der Waals surface area contributed by atoms with E-state index in [1.165, 1.54) is 28.5 Å². The zero-order valence-corrected chi connectivity index (χ0v) is 19.4. The molecule has 0 amide bonds. The van der Waals surface area contributed by atoms with E-state index in [1.54, 1.807) is 24.0 Å². The van der Waals surface area contributed by atoms with Crippen molar-refractivity contribution in [2.24, 2.45) is 0 Å². The number of benzene rings is 2. The summed E-state index contributed by atoms with van der Waals surface area (Å²) in [6.45, 7) is 3.82. The third-order valence-electron chi connectivity index (χ3n) is 6.23. The Labute approximate surface area is 197 Å². The Hall–Kier alpha value is -2.98. The lowest BCUT2D eigenvalue weighted by atomic mass is 10.1. The number of thioether (sulfide) groups is 1. The summed E-state index contributed by atoms with van der Waals surface area (Å²) in [5.41, 5.74) is -0.621. The highest BCUT2D eigenvalue weighted by Crippen LogP contribution is 2.51. The number of hydrogen-bond donors (Lipinski definition) is 0. The van der Waals surface area contributed by atoms with Crippen molar-refractivity contribution in [2.75, 3.05) is 44.7 Å². The molecule has 0 spiro atoms. The van der Waals surface area contributed by atoms with E-state index in [1.807, 2.05) is 7.05 Å². The number of fused-ring (bicyclic) bond motifs is 3. The molecule has 1 saturated heterocycles. The second-order valence-electron chi connectivity index (χ2n) is 8.33. The number of carbonyl (C=O) groups is 1. The van der Waals surface area contributed by atoms with Crippen LogP contribution in [0.3, 0.4) is 0 Å². The number of pyridine rings is 1. The van der Waals surface area contributed by atoms with Gasteiger partial charge in [-0.15, -0.1) is 0 Å². The third-order valence-corrected chi connectivity index (χ3v) is 7.56. The van der Waals surface area contributed by atoms with Gasteiger partial charge in [0.2, 0.25) is 5.43 Å². The van der Waals surface area contributed by atoms with Gasteiger partial charge in [-0.05, 0) is 37.7 Å². The van der Waals surface area contributed by atoms with E-state index < -0.39 is 34.2 Å². The normalized spacial score (nSPS) is 18.0. The van der Waals surface area contributed by atoms with Crippen LogP contribution in [0.25, 0.3) is 10.9 Å². The molecule has 0 bridgehead atoms. The molecule has 3 heterocycles. The number of piperazine rings is 1. The summed E-state index contributed by atoms with van der Waals surface area (Å²) in [6.07, 6.45) is 0. The summed E-state index contributed by atoms with van der Waals surface area (Å²) in [5.74, 6) is -2.96. The Morgan fingerprint density at radius 1 is 1.12 bits per heavy atom. The second kappa shape index (κ2) is 8.66. The number of anilines is 1. The molecule has 10 heteroatoms. The maximum absolute atomic E-state index is 16.1. The minimum absolute atomic E-state index is 0.0485. The van der Waals surface area contributed by atoms with Crippen LogP contribution in [-0.4, -0.2) is 55.3 Å². The summed E-state index contributed by atoms with van der Waals surface area (Å²) in [6, 6.07) is 6.71. The molecular weight excluding hydrogens is 467 g/mol. The van der Waals surface area contributed by atoms with Gasteiger partial charge in [0.25, 0.3) is 0 Å². The molecule has 2 aromatic carbocycles. The van der Waals surface area contributed by atoms with Crippen molar-refractivity contribution in [1.82, 2.24) is 9.47 Å². The van der Waals surface area contributed by atoms with Gasteiger partial charge in [-0.3, -0.25) is 4.79 Å². The first kappa shape index (κ1) is 22.8. The van der Waals surface area contributed by atoms with Crippen LogP contribution in [0.4, 0.5) is 18.9 Å². The highest BCUT2D eigenvalue weighted by molar-refractivity contribution is 8.00. The van der Waals surface area contributed by atoms with Gasteiger partial charge in [0, 0.05) is 26.2 Å². The van der Waals surface area contributed by atoms with E-state index in [0.29, 0.717) is 31.7 Å². The summed E-state index contributed by atoms with van der Waals surface area (Å²) in [5, 5.41) is -0.501. The molecule has 1 unspecified atom stereocenters. The molecular formula is C24H22F3N3O3S. The van der Waals surface area contributed by atoms with Crippen molar-refractivity contribution >= 4 is 34.3 Å². The molecule has 178 valence electrons. The predicted octanol–water partition coefficient (Wildman–Crippen LogP) is 4.00. The van der Waals surface area contributed by atoms with Crippen LogP contribution in [0.5, 0.6) is 0 Å². The largest absolute Gasteiger partial charge is 0.462 e. The molecule has 6 nitrogen and oxygen atoms in total. The van der Waals surface area contributed by atoms with E-state index in [4.69, 9.17) is 4.74 Å². The quantitative estimate of drug-likeness (QED) is 0.517. The Morgan fingerprint density at radius 3 is 2.44 bits per heavy atom. The smallest absolute Gasteiger partial charge is 0.344 e. The first-order valence-corrected chi connectivity index (χ1v) is 11.8. The average molecular weight is 490 g/mol. The summed E-state index contributed by atoms with van der Waals surface area (Å²) in [7, 11) is 1.94. The number of carbonyl (C=O) groups excluding carboxylic acids is 1. The van der Waals surface area contributed by atoms with Gasteiger partial charge >= 0.3 is 5.97 Å². The van der Waals surface area contributed by atoms with Gasteiger partial charge in [0.1, 0.15) is 28.3 Å². The number of ether oxygens (including phenoxy) is 1. The first-order valence-electron chi connectivity index (χ1n) is 10.9. The monoisotopic (exact) mass is 489 g/mol. The molecule has 0 radical (unpaired) electrons. The van der Waals surface area contributed by atoms with Gasteiger partial charge in [-0.1, -0.05) is 23.9 Å². The minimum Gasteiger partial charge on any atom is -0.462 e. The summed E-state index contributed by atoms with van der Waals surface area (Å²) < 4.78 is 51.4. The van der Waals surface area contributed by atoms with Crippen molar-refractivity contribution in [1.29, 1.82) is 0 Å². The number of rotatable bonds is 4. The van der Waals surface area contributed by atoms with Crippen LogP contribution in [-0.2, 0) is 4.74 Å². The predicted molar refractivity (Wildman–Crippen MR) is 124 cm³/mol. The first-order chi connectivity index (χ1) is 16.3. The topological polar surface area (TPSA) is 54.8 Å². The standard InChI is InChI=1S/C24H22F3N3O3S/c1-3-33-24(32)17-21(31)15-12-16(26)20(29-10-8-28(2)9-11-29)18(27)19(15)30-22(34-23(17)30)13-4-6-14(25)7-5-13/h4-7,12,22H,3,8-11H2,1-2H3. The van der Waals surface area contributed by atoms with Gasteiger partial charge in [0.15, 0.2) is 5.82 Å².